The van der Waals surface area contributed by atoms with E-state index < -0.39 is 11.0 Å². The third-order valence-corrected chi connectivity index (χ3v) is 11.6. The number of phenolic OH excluding ortho intramolecular Hbond substituents is 1. The van der Waals surface area contributed by atoms with Gasteiger partial charge in [0.05, 0.1) is 11.0 Å². The number of aliphatic hydroxyl groups is 1. The first-order valence-corrected chi connectivity index (χ1v) is 14.3. The number of rotatable bonds is 5. The van der Waals surface area contributed by atoms with Crippen molar-refractivity contribution in [2.45, 2.75) is 93.4 Å². The first-order chi connectivity index (χ1) is 17.1. The number of hydrogen-bond acceptors (Lipinski definition) is 6. The Morgan fingerprint density at radius 2 is 1.86 bits per heavy atom. The Balaban J connectivity index is 1.17. The van der Waals surface area contributed by atoms with Crippen molar-refractivity contribution in [3.63, 3.8) is 0 Å². The second-order valence-electron chi connectivity index (χ2n) is 13.0. The highest BCUT2D eigenvalue weighted by atomic mass is 16.5. The molecule has 2 saturated heterocycles. The molecular formula is C29H40N2O4. The van der Waals surface area contributed by atoms with E-state index in [1.165, 1.54) is 30.4 Å². The molecule has 35 heavy (non-hydrogen) atoms. The molecule has 3 heterocycles. The number of fused-ring (bicyclic) bond motifs is 1. The summed E-state index contributed by atoms with van der Waals surface area (Å²) in [6.45, 7) is 5.00. The summed E-state index contributed by atoms with van der Waals surface area (Å²) in [6.07, 6.45) is 11.0. The van der Waals surface area contributed by atoms with Crippen molar-refractivity contribution in [2.24, 2.45) is 17.3 Å². The maximum Gasteiger partial charge on any atom is 0.165 e. The lowest BCUT2D eigenvalue weighted by Gasteiger charge is -2.69. The van der Waals surface area contributed by atoms with E-state index in [4.69, 9.17) is 9.47 Å². The summed E-state index contributed by atoms with van der Waals surface area (Å²) in [7, 11) is 0. The van der Waals surface area contributed by atoms with Crippen molar-refractivity contribution in [3.05, 3.63) is 23.3 Å². The highest BCUT2D eigenvalue weighted by Gasteiger charge is 2.77. The van der Waals surface area contributed by atoms with E-state index in [0.717, 1.165) is 83.7 Å². The lowest BCUT2D eigenvalue weighted by Crippen LogP contribution is -2.80. The summed E-state index contributed by atoms with van der Waals surface area (Å²) in [5.74, 6) is 2.47. The maximum absolute atomic E-state index is 12.7. The minimum absolute atomic E-state index is 0.0423. The van der Waals surface area contributed by atoms with E-state index in [2.05, 4.69) is 16.3 Å². The van der Waals surface area contributed by atoms with Gasteiger partial charge >= 0.3 is 0 Å². The monoisotopic (exact) mass is 480 g/mol. The largest absolute Gasteiger partial charge is 0.504 e. The van der Waals surface area contributed by atoms with Crippen molar-refractivity contribution in [2.75, 3.05) is 32.8 Å². The van der Waals surface area contributed by atoms with Gasteiger partial charge in [0.2, 0.25) is 0 Å². The first-order valence-electron chi connectivity index (χ1n) is 14.3. The molecule has 0 aromatic heterocycles. The van der Waals surface area contributed by atoms with Crippen LogP contribution < -0.4 is 10.1 Å². The SMILES string of the molecule is Oc1ccc2c3c1O[C@H]1[C@@]4(CC[C@H]4NCC4CCOCC4)CC[C@@]4(O)[C@@H](C2)N(CC2CC2)CC[C@]314. The number of likely N-dealkylation sites (tertiary alicyclic amines) is 1. The standard InChI is InChI=1S/C29H40N2O4/c32-21-4-3-20-15-23-29(33)10-9-27(8-5-22(27)30-16-18-6-13-34-14-7-18)26-28(29,24(20)25(21)35-26)11-12-31(23)17-19-1-2-19/h3-4,18-19,22-23,26,30,32-33H,1-2,5-17H2/t22-,23-,26+,27+,28+,29-/m1/s1. The summed E-state index contributed by atoms with van der Waals surface area (Å²) in [6, 6.07) is 4.55. The van der Waals surface area contributed by atoms with Crippen LogP contribution in [0.2, 0.25) is 0 Å². The van der Waals surface area contributed by atoms with Crippen LogP contribution in [0.5, 0.6) is 11.5 Å². The molecular weight excluding hydrogens is 440 g/mol. The molecule has 6 atom stereocenters. The second kappa shape index (κ2) is 7.37. The first kappa shape index (κ1) is 21.7. The van der Waals surface area contributed by atoms with Crippen LogP contribution in [-0.4, -0.2) is 71.7 Å². The number of phenols is 1. The van der Waals surface area contributed by atoms with E-state index in [-0.39, 0.29) is 23.3 Å². The highest BCUT2D eigenvalue weighted by molar-refractivity contribution is 5.63. The number of nitrogens with zero attached hydrogens (tertiary/aromatic N) is 1. The zero-order chi connectivity index (χ0) is 23.4. The van der Waals surface area contributed by atoms with Gasteiger partial charge in [-0.3, -0.25) is 4.90 Å². The molecule has 1 aromatic rings. The van der Waals surface area contributed by atoms with Crippen molar-refractivity contribution in [1.29, 1.82) is 0 Å². The Morgan fingerprint density at radius 1 is 1.00 bits per heavy atom. The summed E-state index contributed by atoms with van der Waals surface area (Å²) in [5.41, 5.74) is 1.35. The molecule has 3 N–H and O–H groups in total. The van der Waals surface area contributed by atoms with Crippen LogP contribution in [0.15, 0.2) is 12.1 Å². The number of nitrogens with one attached hydrogen (secondary N) is 1. The van der Waals surface area contributed by atoms with Gasteiger partial charge in [-0.1, -0.05) is 6.07 Å². The van der Waals surface area contributed by atoms with Crippen molar-refractivity contribution < 1.29 is 19.7 Å². The van der Waals surface area contributed by atoms with Gasteiger partial charge in [0.15, 0.2) is 11.5 Å². The minimum atomic E-state index is -0.775. The van der Waals surface area contributed by atoms with Crippen LogP contribution in [0.4, 0.5) is 0 Å². The molecule has 4 aliphatic carbocycles. The number of ether oxygens (including phenoxy) is 2. The van der Waals surface area contributed by atoms with E-state index >= 15 is 0 Å². The Bertz CT molecular complexity index is 1040. The third-order valence-electron chi connectivity index (χ3n) is 11.6. The van der Waals surface area contributed by atoms with Gasteiger partial charge in [-0.2, -0.15) is 0 Å². The molecule has 0 unspecified atom stereocenters. The van der Waals surface area contributed by atoms with Gasteiger partial charge in [0.25, 0.3) is 0 Å². The summed E-state index contributed by atoms with van der Waals surface area (Å²) in [4.78, 5) is 2.63. The quantitative estimate of drug-likeness (QED) is 0.602. The molecule has 5 fully saturated rings. The Hall–Kier alpha value is -1.34. The number of aromatic hydroxyl groups is 1. The topological polar surface area (TPSA) is 74.2 Å². The second-order valence-corrected chi connectivity index (χ2v) is 13.0. The molecule has 3 saturated carbocycles. The fourth-order valence-electron chi connectivity index (χ4n) is 9.48. The molecule has 7 aliphatic rings. The van der Waals surface area contributed by atoms with Gasteiger partial charge in [0, 0.05) is 42.8 Å². The number of hydrogen-bond donors (Lipinski definition) is 3. The molecule has 8 rings (SSSR count). The van der Waals surface area contributed by atoms with Gasteiger partial charge in [-0.05, 0) is 101 Å². The summed E-state index contributed by atoms with van der Waals surface area (Å²) < 4.78 is 12.5. The third kappa shape index (κ3) is 2.75. The van der Waals surface area contributed by atoms with Crippen LogP contribution >= 0.6 is 0 Å². The van der Waals surface area contributed by atoms with Gasteiger partial charge < -0.3 is 25.0 Å². The zero-order valence-corrected chi connectivity index (χ0v) is 20.8. The van der Waals surface area contributed by atoms with Gasteiger partial charge in [0.1, 0.15) is 6.10 Å². The molecule has 0 radical (unpaired) electrons. The van der Waals surface area contributed by atoms with Crippen molar-refractivity contribution in [1.82, 2.24) is 10.2 Å². The van der Waals surface area contributed by atoms with Crippen LogP contribution in [-0.2, 0) is 16.6 Å². The smallest absolute Gasteiger partial charge is 0.165 e. The van der Waals surface area contributed by atoms with Crippen LogP contribution in [0.25, 0.3) is 0 Å². The fraction of sp³-hybridized carbons (Fsp3) is 0.793. The number of piperidine rings is 1. The Labute approximate surface area is 208 Å². The average molecular weight is 481 g/mol. The number of benzene rings is 1. The lowest BCUT2D eigenvalue weighted by atomic mass is 9.40. The van der Waals surface area contributed by atoms with Crippen molar-refractivity contribution in [3.8, 4) is 11.5 Å². The molecule has 2 bridgehead atoms. The Morgan fingerprint density at radius 3 is 2.63 bits per heavy atom. The van der Waals surface area contributed by atoms with Gasteiger partial charge in [-0.15, -0.1) is 0 Å². The predicted molar refractivity (Wildman–Crippen MR) is 132 cm³/mol. The minimum Gasteiger partial charge on any atom is -0.504 e. The van der Waals surface area contributed by atoms with Gasteiger partial charge in [-0.25, -0.2) is 0 Å². The maximum atomic E-state index is 12.7. The fourth-order valence-corrected chi connectivity index (χ4v) is 9.48. The van der Waals surface area contributed by atoms with E-state index in [0.29, 0.717) is 17.7 Å². The molecule has 1 aromatic carbocycles. The highest BCUT2D eigenvalue weighted by Crippen LogP contribution is 2.71. The predicted octanol–water partition coefficient (Wildman–Crippen LogP) is 3.12. The average Bonchev–Trinajstić information content (AvgIpc) is 3.59. The van der Waals surface area contributed by atoms with Crippen LogP contribution in [0.3, 0.4) is 0 Å². The zero-order valence-electron chi connectivity index (χ0n) is 20.8. The van der Waals surface area contributed by atoms with Crippen molar-refractivity contribution >= 4 is 0 Å². The molecule has 190 valence electrons. The van der Waals surface area contributed by atoms with E-state index in [1.807, 2.05) is 6.07 Å². The summed E-state index contributed by atoms with van der Waals surface area (Å²) >= 11 is 0. The van der Waals surface area contributed by atoms with Crippen LogP contribution in [0, 0.1) is 17.3 Å². The molecule has 3 aliphatic heterocycles. The van der Waals surface area contributed by atoms with Crippen LogP contribution in [0.1, 0.15) is 68.9 Å². The van der Waals surface area contributed by atoms with E-state index in [9.17, 15) is 10.2 Å². The molecule has 6 heteroatoms. The Kier molecular flexibility index (Phi) is 4.57. The molecule has 0 amide bonds. The summed E-state index contributed by atoms with van der Waals surface area (Å²) in [5, 5.41) is 27.7. The molecule has 2 spiro atoms. The molecule has 6 nitrogen and oxygen atoms in total. The lowest BCUT2D eigenvalue weighted by molar-refractivity contribution is -0.236. The normalized spacial score (nSPS) is 44.1. The van der Waals surface area contributed by atoms with E-state index in [1.54, 1.807) is 0 Å².